The molecule has 2 aliphatic heterocycles. The summed E-state index contributed by atoms with van der Waals surface area (Å²) in [5.74, 6) is -0.205. The Morgan fingerprint density at radius 3 is 1.49 bits per heavy atom. The fourth-order valence-corrected chi connectivity index (χ4v) is 9.36. The van der Waals surface area contributed by atoms with Gasteiger partial charge in [-0.3, -0.25) is 14.6 Å². The highest BCUT2D eigenvalue weighted by molar-refractivity contribution is 6.00. The smallest absolute Gasteiger partial charge is 0.305 e. The molecule has 0 bridgehead atoms. The third kappa shape index (κ3) is 10.0. The summed E-state index contributed by atoms with van der Waals surface area (Å²) in [4.78, 5) is 28.1. The molecule has 4 aromatic carbocycles. The summed E-state index contributed by atoms with van der Waals surface area (Å²) in [5.41, 5.74) is 10.5. The lowest BCUT2D eigenvalue weighted by Crippen LogP contribution is -2.35. The Hall–Kier alpha value is -4.84. The number of esters is 2. The van der Waals surface area contributed by atoms with Gasteiger partial charge in [-0.05, 0) is 99.6 Å². The van der Waals surface area contributed by atoms with E-state index in [1.807, 2.05) is 13.8 Å². The molecule has 0 radical (unpaired) electrons. The van der Waals surface area contributed by atoms with E-state index < -0.39 is 0 Å². The zero-order valence-electron chi connectivity index (χ0n) is 35.6. The van der Waals surface area contributed by atoms with Crippen LogP contribution in [-0.2, 0) is 42.7 Å². The molecule has 6 nitrogen and oxygen atoms in total. The second-order valence-corrected chi connectivity index (χ2v) is 15.7. The molecular formula is C51H65N2O4+. The van der Waals surface area contributed by atoms with Gasteiger partial charge in [0.1, 0.15) is 12.5 Å². The molecule has 4 atom stereocenters. The van der Waals surface area contributed by atoms with Crippen molar-refractivity contribution in [2.24, 2.45) is 4.99 Å². The van der Waals surface area contributed by atoms with Crippen LogP contribution in [0.3, 0.4) is 0 Å². The van der Waals surface area contributed by atoms with Crippen LogP contribution in [0.25, 0.3) is 0 Å². The number of benzene rings is 4. The molecule has 0 aromatic heterocycles. The molecule has 0 spiro atoms. The lowest BCUT2D eigenvalue weighted by molar-refractivity contribution is -0.526. The van der Waals surface area contributed by atoms with Crippen LogP contribution in [0.2, 0.25) is 0 Å². The van der Waals surface area contributed by atoms with E-state index in [0.29, 0.717) is 38.1 Å². The van der Waals surface area contributed by atoms with Gasteiger partial charge < -0.3 is 9.47 Å². The number of carbonyl (C=O) groups excluding carboxylic acids is 2. The minimum atomic E-state index is -0.126. The number of aliphatic imine (C=N–C) groups is 1. The summed E-state index contributed by atoms with van der Waals surface area (Å²) < 4.78 is 12.5. The number of carbonyl (C=O) groups is 2. The summed E-state index contributed by atoms with van der Waals surface area (Å²) >= 11 is 0. The predicted octanol–water partition coefficient (Wildman–Crippen LogP) is 10.6. The van der Waals surface area contributed by atoms with Crippen LogP contribution in [0.1, 0.15) is 126 Å². The minimum absolute atomic E-state index is 0.0619. The van der Waals surface area contributed by atoms with E-state index in [4.69, 9.17) is 14.5 Å². The van der Waals surface area contributed by atoms with Crippen LogP contribution in [0.5, 0.6) is 0 Å². The van der Waals surface area contributed by atoms with Crippen molar-refractivity contribution in [2.75, 3.05) is 20.3 Å². The van der Waals surface area contributed by atoms with Crippen molar-refractivity contribution in [3.05, 3.63) is 143 Å². The maximum atomic E-state index is 11.6. The molecule has 0 amide bonds. The van der Waals surface area contributed by atoms with Gasteiger partial charge >= 0.3 is 11.9 Å². The van der Waals surface area contributed by atoms with E-state index >= 15 is 0 Å². The SMILES string of the molecule is CCOC(=O)CCCc1ccc(C2(c3ccccc3)CC(C)N=C2CC)cc1.CCOC(=O)CCCc1ccc(C2(c3ccccc3)CC(C)[N+](C)=C2CC)cc1. The van der Waals surface area contributed by atoms with Crippen molar-refractivity contribution in [3.63, 3.8) is 0 Å². The quantitative estimate of drug-likeness (QED) is 0.0841. The van der Waals surface area contributed by atoms with Crippen molar-refractivity contribution >= 4 is 23.4 Å². The Bertz CT molecular complexity index is 1950. The van der Waals surface area contributed by atoms with Gasteiger partial charge in [-0.2, -0.15) is 0 Å². The van der Waals surface area contributed by atoms with Gasteiger partial charge in [0, 0.05) is 37.4 Å². The van der Waals surface area contributed by atoms with E-state index in [0.717, 1.165) is 51.4 Å². The molecule has 0 N–H and O–H groups in total. The molecule has 6 rings (SSSR count). The van der Waals surface area contributed by atoms with Crippen LogP contribution in [0.15, 0.2) is 114 Å². The molecule has 0 saturated heterocycles. The Labute approximate surface area is 342 Å². The average Bonchev–Trinajstić information content (AvgIpc) is 3.72. The number of hydrogen-bond donors (Lipinski definition) is 0. The van der Waals surface area contributed by atoms with Crippen LogP contribution >= 0.6 is 0 Å². The lowest BCUT2D eigenvalue weighted by Gasteiger charge is -2.33. The monoisotopic (exact) mass is 769 g/mol. The first-order valence-corrected chi connectivity index (χ1v) is 21.4. The highest BCUT2D eigenvalue weighted by Gasteiger charge is 2.51. The zero-order chi connectivity index (χ0) is 40.8. The molecule has 0 aliphatic carbocycles. The second kappa shape index (κ2) is 20.5. The van der Waals surface area contributed by atoms with E-state index in [-0.39, 0.29) is 22.8 Å². The normalized spacial score (nSPS) is 21.4. The van der Waals surface area contributed by atoms with Gasteiger partial charge in [-0.25, -0.2) is 4.58 Å². The highest BCUT2D eigenvalue weighted by Crippen LogP contribution is 2.45. The molecule has 0 saturated carbocycles. The Balaban J connectivity index is 0.000000218. The van der Waals surface area contributed by atoms with Crippen LogP contribution in [-0.4, -0.2) is 60.3 Å². The molecule has 2 aliphatic rings. The van der Waals surface area contributed by atoms with E-state index in [9.17, 15) is 9.59 Å². The molecule has 4 unspecified atom stereocenters. The van der Waals surface area contributed by atoms with Crippen LogP contribution in [0.4, 0.5) is 0 Å². The summed E-state index contributed by atoms with van der Waals surface area (Å²) in [6.07, 6.45) is 8.52. The Morgan fingerprint density at radius 1 is 0.614 bits per heavy atom. The first-order valence-electron chi connectivity index (χ1n) is 21.4. The first-order chi connectivity index (χ1) is 27.6. The third-order valence-corrected chi connectivity index (χ3v) is 12.1. The summed E-state index contributed by atoms with van der Waals surface area (Å²) in [5, 5.41) is 0. The number of rotatable bonds is 16. The maximum absolute atomic E-state index is 11.6. The van der Waals surface area contributed by atoms with Crippen molar-refractivity contribution in [1.29, 1.82) is 0 Å². The van der Waals surface area contributed by atoms with Gasteiger partial charge in [0.2, 0.25) is 0 Å². The molecular weight excluding hydrogens is 705 g/mol. The van der Waals surface area contributed by atoms with E-state index in [1.54, 1.807) is 0 Å². The lowest BCUT2D eigenvalue weighted by atomic mass is 9.68. The van der Waals surface area contributed by atoms with E-state index in [1.165, 1.54) is 44.8 Å². The van der Waals surface area contributed by atoms with Crippen molar-refractivity contribution in [1.82, 2.24) is 0 Å². The number of ether oxygens (including phenoxy) is 2. The van der Waals surface area contributed by atoms with Gasteiger partial charge in [-0.15, -0.1) is 0 Å². The van der Waals surface area contributed by atoms with Gasteiger partial charge in [0.15, 0.2) is 11.8 Å². The molecule has 302 valence electrons. The molecule has 4 aromatic rings. The highest BCUT2D eigenvalue weighted by atomic mass is 16.5. The van der Waals surface area contributed by atoms with Gasteiger partial charge in [0.05, 0.1) is 18.6 Å². The molecule has 6 heteroatoms. The second-order valence-electron chi connectivity index (χ2n) is 15.7. The summed E-state index contributed by atoms with van der Waals surface area (Å²) in [7, 11) is 2.23. The maximum Gasteiger partial charge on any atom is 0.305 e. The average molecular weight is 770 g/mol. The minimum Gasteiger partial charge on any atom is -0.466 e. The molecule has 0 fully saturated rings. The van der Waals surface area contributed by atoms with E-state index in [2.05, 4.69) is 149 Å². The Kier molecular flexibility index (Phi) is 15.6. The topological polar surface area (TPSA) is 68.0 Å². The fraction of sp³-hybridized carbons (Fsp3) is 0.451. The number of hydrogen-bond acceptors (Lipinski definition) is 5. The summed E-state index contributed by atoms with van der Waals surface area (Å²) in [6, 6.07) is 40.6. The van der Waals surface area contributed by atoms with Crippen molar-refractivity contribution < 1.29 is 23.6 Å². The fourth-order valence-electron chi connectivity index (χ4n) is 9.36. The first kappa shape index (κ1) is 43.3. The van der Waals surface area contributed by atoms with Gasteiger partial charge in [-0.1, -0.05) is 123 Å². The third-order valence-electron chi connectivity index (χ3n) is 12.1. The van der Waals surface area contributed by atoms with Crippen molar-refractivity contribution in [3.8, 4) is 0 Å². The molecule has 57 heavy (non-hydrogen) atoms. The number of nitrogens with zero attached hydrogens (tertiary/aromatic N) is 2. The largest absolute Gasteiger partial charge is 0.466 e. The standard InChI is InChI=1S/C26H34NO2.C25H31NO2/c1-5-24-26(19-20(3)27(24)4,22-12-8-7-9-13-22)23-17-15-21(16-18-23)11-10-14-25(28)29-6-2;1-4-23-25(18-19(3)26-23,21-11-7-6-8-12-21)22-16-14-20(15-17-22)10-9-13-24(27)28-5-2/h7-9,12-13,15-18,20H,5-6,10-11,14,19H2,1-4H3;6-8,11-12,14-17,19H,4-5,9-10,13,18H2,1-3H3/q+1;. The van der Waals surface area contributed by atoms with Crippen LogP contribution < -0.4 is 0 Å². The Morgan fingerprint density at radius 2 is 1.05 bits per heavy atom. The zero-order valence-corrected chi connectivity index (χ0v) is 35.6. The predicted molar refractivity (Wildman–Crippen MR) is 234 cm³/mol. The van der Waals surface area contributed by atoms with Gasteiger partial charge in [0.25, 0.3) is 0 Å². The summed E-state index contributed by atoms with van der Waals surface area (Å²) in [6.45, 7) is 13.6. The van der Waals surface area contributed by atoms with Crippen molar-refractivity contribution in [2.45, 2.75) is 129 Å². The van der Waals surface area contributed by atoms with Crippen LogP contribution in [0, 0.1) is 0 Å². The molecule has 2 heterocycles. The number of aryl methyl sites for hydroxylation is 2.